The van der Waals surface area contributed by atoms with Crippen molar-refractivity contribution in [2.75, 3.05) is 11.1 Å². The summed E-state index contributed by atoms with van der Waals surface area (Å²) in [5.41, 5.74) is 9.97. The van der Waals surface area contributed by atoms with E-state index >= 15 is 0 Å². The quantitative estimate of drug-likeness (QED) is 0.380. The zero-order valence-corrected chi connectivity index (χ0v) is 18.9. The third-order valence-electron chi connectivity index (χ3n) is 4.82. The van der Waals surface area contributed by atoms with Gasteiger partial charge in [-0.3, -0.25) is 0 Å². The van der Waals surface area contributed by atoms with Crippen molar-refractivity contribution in [3.05, 3.63) is 71.6 Å². The average molecular weight is 463 g/mol. The molecular weight excluding hydrogens is 444 g/mol. The van der Waals surface area contributed by atoms with Crippen LogP contribution in [0, 0.1) is 6.92 Å². The van der Waals surface area contributed by atoms with Crippen LogP contribution in [0.1, 0.15) is 5.56 Å². The number of nitrogens with zero attached hydrogens (tertiary/aromatic N) is 6. The number of hydrogen-bond donors (Lipinski definition) is 2. The van der Waals surface area contributed by atoms with Crippen LogP contribution in [0.4, 0.5) is 17.5 Å². The van der Waals surface area contributed by atoms with E-state index in [1.165, 1.54) is 11.8 Å². The Bertz CT molecular complexity index is 1440. The van der Waals surface area contributed by atoms with E-state index in [4.69, 9.17) is 22.3 Å². The molecule has 0 atom stereocenters. The monoisotopic (exact) mass is 462 g/mol. The number of halogens is 1. The SMILES string of the molecule is Cc1cccc(Nc2nc(-c3ccc(Sc4nccn4C)c(Cl)c3)cn3nc(N)nc23)c1. The first-order valence-electron chi connectivity index (χ1n) is 9.78. The summed E-state index contributed by atoms with van der Waals surface area (Å²) in [6.45, 7) is 2.03. The molecule has 0 radical (unpaired) electrons. The Balaban J connectivity index is 1.54. The van der Waals surface area contributed by atoms with Crippen molar-refractivity contribution in [1.82, 2.24) is 29.1 Å². The molecule has 3 N–H and O–H groups in total. The smallest absolute Gasteiger partial charge is 0.240 e. The van der Waals surface area contributed by atoms with Gasteiger partial charge in [-0.25, -0.2) is 14.5 Å². The highest BCUT2D eigenvalue weighted by Crippen LogP contribution is 2.35. The van der Waals surface area contributed by atoms with Crippen LogP contribution in [0.5, 0.6) is 0 Å². The highest BCUT2D eigenvalue weighted by Gasteiger charge is 2.14. The maximum absolute atomic E-state index is 6.60. The third-order valence-corrected chi connectivity index (χ3v) is 6.40. The Labute approximate surface area is 193 Å². The number of fused-ring (bicyclic) bond motifs is 1. The van der Waals surface area contributed by atoms with Crippen LogP contribution >= 0.6 is 23.4 Å². The van der Waals surface area contributed by atoms with Crippen molar-refractivity contribution < 1.29 is 0 Å². The minimum Gasteiger partial charge on any atom is -0.366 e. The van der Waals surface area contributed by atoms with Crippen LogP contribution in [0.15, 0.2) is 71.1 Å². The topological polar surface area (TPSA) is 99.0 Å². The number of aryl methyl sites for hydroxylation is 2. The van der Waals surface area contributed by atoms with Crippen molar-refractivity contribution in [3.63, 3.8) is 0 Å². The van der Waals surface area contributed by atoms with Gasteiger partial charge in [-0.2, -0.15) is 4.98 Å². The van der Waals surface area contributed by atoms with E-state index in [1.807, 2.05) is 67.2 Å². The Morgan fingerprint density at radius 1 is 1.12 bits per heavy atom. The molecule has 0 aliphatic rings. The van der Waals surface area contributed by atoms with Gasteiger partial charge < -0.3 is 15.6 Å². The van der Waals surface area contributed by atoms with E-state index in [1.54, 1.807) is 16.9 Å². The predicted molar refractivity (Wildman–Crippen MR) is 127 cm³/mol. The zero-order valence-electron chi connectivity index (χ0n) is 17.3. The van der Waals surface area contributed by atoms with Gasteiger partial charge in [-0.1, -0.05) is 41.6 Å². The standard InChI is InChI=1S/C22H19ClN8S/c1-13-4-3-5-15(10-13)26-19-20-28-21(24)29-31(20)12-17(27-19)14-6-7-18(16(23)11-14)32-22-25-8-9-30(22)2/h3-12H,1-2H3,(H2,24,29)(H,26,27). The number of rotatable bonds is 5. The van der Waals surface area contributed by atoms with Gasteiger partial charge in [0.2, 0.25) is 11.6 Å². The van der Waals surface area contributed by atoms with Gasteiger partial charge in [0.25, 0.3) is 0 Å². The fraction of sp³-hybridized carbons (Fsp3) is 0.0909. The van der Waals surface area contributed by atoms with E-state index in [-0.39, 0.29) is 5.95 Å². The molecule has 8 nitrogen and oxygen atoms in total. The fourth-order valence-corrected chi connectivity index (χ4v) is 4.38. The number of nitrogens with one attached hydrogen (secondary N) is 1. The van der Waals surface area contributed by atoms with Crippen molar-refractivity contribution in [1.29, 1.82) is 0 Å². The first kappa shape index (κ1) is 20.3. The van der Waals surface area contributed by atoms with E-state index < -0.39 is 0 Å². The van der Waals surface area contributed by atoms with Gasteiger partial charge in [0.1, 0.15) is 0 Å². The van der Waals surface area contributed by atoms with Gasteiger partial charge in [0.05, 0.1) is 16.9 Å². The number of anilines is 3. The Morgan fingerprint density at radius 2 is 2.00 bits per heavy atom. The summed E-state index contributed by atoms with van der Waals surface area (Å²) < 4.78 is 3.57. The second-order valence-corrected chi connectivity index (χ2v) is 8.69. The van der Waals surface area contributed by atoms with Crippen LogP contribution in [0.25, 0.3) is 16.9 Å². The van der Waals surface area contributed by atoms with Gasteiger partial charge in [0.15, 0.2) is 11.0 Å². The largest absolute Gasteiger partial charge is 0.366 e. The summed E-state index contributed by atoms with van der Waals surface area (Å²) in [5.74, 6) is 0.732. The minimum atomic E-state index is 0.177. The second-order valence-electron chi connectivity index (χ2n) is 7.28. The Kier molecular flexibility index (Phi) is 5.20. The van der Waals surface area contributed by atoms with E-state index in [9.17, 15) is 0 Å². The highest BCUT2D eigenvalue weighted by molar-refractivity contribution is 7.99. The maximum Gasteiger partial charge on any atom is 0.240 e. The number of imidazole rings is 1. The van der Waals surface area contributed by atoms with Gasteiger partial charge in [-0.15, -0.1) is 5.10 Å². The molecule has 0 aliphatic heterocycles. The molecule has 2 aromatic carbocycles. The fourth-order valence-electron chi connectivity index (χ4n) is 3.28. The molecule has 32 heavy (non-hydrogen) atoms. The minimum absolute atomic E-state index is 0.177. The van der Waals surface area contributed by atoms with Crippen molar-refractivity contribution in [2.24, 2.45) is 7.05 Å². The number of aromatic nitrogens is 6. The highest BCUT2D eigenvalue weighted by atomic mass is 35.5. The third kappa shape index (κ3) is 4.00. The summed E-state index contributed by atoms with van der Waals surface area (Å²) in [4.78, 5) is 14.4. The summed E-state index contributed by atoms with van der Waals surface area (Å²) >= 11 is 8.11. The molecule has 10 heteroatoms. The summed E-state index contributed by atoms with van der Waals surface area (Å²) in [6, 6.07) is 13.8. The molecule has 3 heterocycles. The second kappa shape index (κ2) is 8.18. The number of hydrogen-bond acceptors (Lipinski definition) is 7. The predicted octanol–water partition coefficient (Wildman–Crippen LogP) is 4.96. The average Bonchev–Trinajstić information content (AvgIpc) is 3.34. The van der Waals surface area contributed by atoms with Crippen LogP contribution in [0.2, 0.25) is 5.02 Å². The summed E-state index contributed by atoms with van der Waals surface area (Å²) in [7, 11) is 1.95. The number of benzene rings is 2. The van der Waals surface area contributed by atoms with Gasteiger partial charge in [-0.05, 0) is 36.8 Å². The van der Waals surface area contributed by atoms with E-state index in [0.717, 1.165) is 26.9 Å². The molecule has 0 bridgehead atoms. The molecule has 5 rings (SSSR count). The molecule has 5 aromatic rings. The number of nitrogens with two attached hydrogens (primary N) is 1. The van der Waals surface area contributed by atoms with Crippen molar-refractivity contribution >= 4 is 46.5 Å². The molecule has 0 spiro atoms. The van der Waals surface area contributed by atoms with E-state index in [0.29, 0.717) is 22.2 Å². The Morgan fingerprint density at radius 3 is 2.75 bits per heavy atom. The maximum atomic E-state index is 6.60. The summed E-state index contributed by atoms with van der Waals surface area (Å²) in [5, 5.41) is 9.09. The molecule has 0 unspecified atom stereocenters. The van der Waals surface area contributed by atoms with Crippen LogP contribution in [-0.2, 0) is 7.05 Å². The normalized spacial score (nSPS) is 11.2. The Hall–Kier alpha value is -3.56. The van der Waals surface area contributed by atoms with E-state index in [2.05, 4.69) is 20.4 Å². The van der Waals surface area contributed by atoms with Crippen LogP contribution < -0.4 is 11.1 Å². The number of nitrogen functional groups attached to an aromatic ring is 1. The first-order chi connectivity index (χ1) is 15.5. The molecule has 0 fully saturated rings. The zero-order chi connectivity index (χ0) is 22.2. The lowest BCUT2D eigenvalue weighted by atomic mass is 10.1. The molecule has 3 aromatic heterocycles. The first-order valence-corrected chi connectivity index (χ1v) is 11.0. The van der Waals surface area contributed by atoms with Gasteiger partial charge >= 0.3 is 0 Å². The molecule has 0 aliphatic carbocycles. The van der Waals surface area contributed by atoms with Crippen molar-refractivity contribution in [3.8, 4) is 11.3 Å². The summed E-state index contributed by atoms with van der Waals surface area (Å²) in [6.07, 6.45) is 5.45. The molecule has 160 valence electrons. The lowest BCUT2D eigenvalue weighted by Gasteiger charge is -2.11. The van der Waals surface area contributed by atoms with Crippen LogP contribution in [0.3, 0.4) is 0 Å². The van der Waals surface area contributed by atoms with Crippen LogP contribution in [-0.4, -0.2) is 29.1 Å². The molecule has 0 saturated heterocycles. The molecule has 0 saturated carbocycles. The lowest BCUT2D eigenvalue weighted by Crippen LogP contribution is -2.01. The van der Waals surface area contributed by atoms with Crippen molar-refractivity contribution in [2.45, 2.75) is 17.0 Å². The molecular formula is C22H19ClN8S. The van der Waals surface area contributed by atoms with Gasteiger partial charge in [0, 0.05) is 35.6 Å². The lowest BCUT2D eigenvalue weighted by molar-refractivity contribution is 0.790. The molecule has 0 amide bonds.